The van der Waals surface area contributed by atoms with E-state index in [1.165, 1.54) is 89.9 Å². The van der Waals surface area contributed by atoms with E-state index in [9.17, 15) is 4.79 Å². The van der Waals surface area contributed by atoms with Gasteiger partial charge in [0.15, 0.2) is 0 Å². The maximum atomic E-state index is 11.3. The molecule has 132 valence electrons. The van der Waals surface area contributed by atoms with E-state index in [1.54, 1.807) is 0 Å². The van der Waals surface area contributed by atoms with Crippen LogP contribution in [0.25, 0.3) is 0 Å². The largest absolute Gasteiger partial charge is 0.299 e. The van der Waals surface area contributed by atoms with E-state index < -0.39 is 0 Å². The van der Waals surface area contributed by atoms with Crippen LogP contribution in [0.1, 0.15) is 124 Å². The molecular weight excluding hydrogens is 268 g/mol. The van der Waals surface area contributed by atoms with Crippen molar-refractivity contribution in [2.24, 2.45) is 5.92 Å². The zero-order chi connectivity index (χ0) is 16.5. The highest BCUT2D eigenvalue weighted by Gasteiger charge is 2.23. The van der Waals surface area contributed by atoms with E-state index in [2.05, 4.69) is 20.8 Å². The van der Waals surface area contributed by atoms with E-state index in [4.69, 9.17) is 0 Å². The highest BCUT2D eigenvalue weighted by molar-refractivity contribution is 5.82. The maximum Gasteiger partial charge on any atom is 0.135 e. The number of Topliss-reactive ketones (excluding diaryl/α,β-unsaturated/α-hetero) is 1. The predicted molar refractivity (Wildman–Crippen MR) is 99.4 cm³/mol. The van der Waals surface area contributed by atoms with Crippen LogP contribution in [-0.4, -0.2) is 5.78 Å². The van der Waals surface area contributed by atoms with E-state index >= 15 is 0 Å². The second kappa shape index (κ2) is 17.0. The topological polar surface area (TPSA) is 17.1 Å². The Morgan fingerprint density at radius 3 is 1.59 bits per heavy atom. The number of unbranched alkanes of at least 4 members (excludes halogenated alkanes) is 10. The van der Waals surface area contributed by atoms with Gasteiger partial charge in [-0.3, -0.25) is 4.79 Å². The molecule has 1 saturated carbocycles. The number of hydrogen-bond acceptors (Lipinski definition) is 1. The van der Waals surface area contributed by atoms with E-state index in [-0.39, 0.29) is 0 Å². The molecule has 0 aliphatic heterocycles. The molecule has 22 heavy (non-hydrogen) atoms. The quantitative estimate of drug-likeness (QED) is 0.341. The summed E-state index contributed by atoms with van der Waals surface area (Å²) in [6, 6.07) is 0. The molecule has 1 aliphatic carbocycles. The van der Waals surface area contributed by atoms with Crippen LogP contribution in [0.4, 0.5) is 0 Å². The second-order valence-corrected chi connectivity index (χ2v) is 7.03. The van der Waals surface area contributed by atoms with Crippen molar-refractivity contribution < 1.29 is 4.79 Å². The molecule has 1 rings (SSSR count). The summed E-state index contributed by atoms with van der Waals surface area (Å²) in [6.45, 7) is 6.76. The summed E-state index contributed by atoms with van der Waals surface area (Å²) in [4.78, 5) is 11.3. The Hall–Kier alpha value is -0.330. The van der Waals surface area contributed by atoms with Crippen LogP contribution in [0.2, 0.25) is 0 Å². The maximum absolute atomic E-state index is 11.3. The molecule has 1 atom stereocenters. The number of ketones is 1. The summed E-state index contributed by atoms with van der Waals surface area (Å²) < 4.78 is 0. The first kappa shape index (κ1) is 21.7. The minimum absolute atomic E-state index is 0.446. The Morgan fingerprint density at radius 1 is 0.727 bits per heavy atom. The number of carbonyl (C=O) groups is 1. The molecule has 0 aromatic carbocycles. The van der Waals surface area contributed by atoms with Gasteiger partial charge in [-0.15, -0.1) is 0 Å². The fourth-order valence-electron chi connectivity index (χ4n) is 3.22. The molecule has 0 bridgehead atoms. The van der Waals surface area contributed by atoms with Gasteiger partial charge in [-0.2, -0.15) is 0 Å². The van der Waals surface area contributed by atoms with Crippen molar-refractivity contribution in [3.63, 3.8) is 0 Å². The minimum Gasteiger partial charge on any atom is -0.299 e. The van der Waals surface area contributed by atoms with Gasteiger partial charge in [0, 0.05) is 12.3 Å². The molecule has 1 heteroatoms. The van der Waals surface area contributed by atoms with Gasteiger partial charge in [-0.05, 0) is 19.3 Å². The lowest BCUT2D eigenvalue weighted by molar-refractivity contribution is -0.120. The Labute approximate surface area is 140 Å². The molecular formula is C21H42O. The minimum atomic E-state index is 0.446. The molecule has 0 amide bonds. The van der Waals surface area contributed by atoms with Gasteiger partial charge in [0.25, 0.3) is 0 Å². The SMILES string of the molecule is CCCCCCCC1CCCC1=O.CCCCCCCCC. The summed E-state index contributed by atoms with van der Waals surface area (Å²) in [6.07, 6.45) is 21.0. The molecule has 0 aromatic rings. The normalized spacial score (nSPS) is 17.4. The smallest absolute Gasteiger partial charge is 0.135 e. The lowest BCUT2D eigenvalue weighted by atomic mass is 9.98. The third-order valence-electron chi connectivity index (χ3n) is 4.79. The van der Waals surface area contributed by atoms with Gasteiger partial charge in [0.2, 0.25) is 0 Å². The monoisotopic (exact) mass is 310 g/mol. The van der Waals surface area contributed by atoms with Crippen molar-refractivity contribution >= 4 is 5.78 Å². The molecule has 0 N–H and O–H groups in total. The van der Waals surface area contributed by atoms with Crippen molar-refractivity contribution in [3.05, 3.63) is 0 Å². The van der Waals surface area contributed by atoms with Crippen LogP contribution >= 0.6 is 0 Å². The summed E-state index contributed by atoms with van der Waals surface area (Å²) in [7, 11) is 0. The molecule has 0 spiro atoms. The van der Waals surface area contributed by atoms with Crippen molar-refractivity contribution in [2.45, 2.75) is 124 Å². The molecule has 0 heterocycles. The molecule has 1 unspecified atom stereocenters. The van der Waals surface area contributed by atoms with Crippen LogP contribution in [0, 0.1) is 5.92 Å². The first-order valence-electron chi connectivity index (χ1n) is 10.3. The van der Waals surface area contributed by atoms with Crippen LogP contribution < -0.4 is 0 Å². The Bertz CT molecular complexity index is 228. The highest BCUT2D eigenvalue weighted by Crippen LogP contribution is 2.26. The van der Waals surface area contributed by atoms with Crippen LogP contribution in [-0.2, 0) is 4.79 Å². The van der Waals surface area contributed by atoms with Gasteiger partial charge in [0.1, 0.15) is 5.78 Å². The fourth-order valence-corrected chi connectivity index (χ4v) is 3.22. The molecule has 1 fully saturated rings. The van der Waals surface area contributed by atoms with E-state index in [1.807, 2.05) is 0 Å². The van der Waals surface area contributed by atoms with Crippen molar-refractivity contribution in [1.29, 1.82) is 0 Å². The standard InChI is InChI=1S/C12H22O.C9H20/c1-2-3-4-5-6-8-11-9-7-10-12(11)13;1-3-5-7-9-8-6-4-2/h11H,2-10H2,1H3;3-9H2,1-2H3. The molecule has 1 aliphatic rings. The van der Waals surface area contributed by atoms with Gasteiger partial charge >= 0.3 is 0 Å². The van der Waals surface area contributed by atoms with Crippen molar-refractivity contribution in [2.75, 3.05) is 0 Å². The van der Waals surface area contributed by atoms with Gasteiger partial charge in [-0.25, -0.2) is 0 Å². The first-order chi connectivity index (χ1) is 10.8. The fraction of sp³-hybridized carbons (Fsp3) is 0.952. The zero-order valence-electron chi connectivity index (χ0n) is 15.8. The van der Waals surface area contributed by atoms with Crippen LogP contribution in [0.15, 0.2) is 0 Å². The average Bonchev–Trinajstić information content (AvgIpc) is 2.93. The van der Waals surface area contributed by atoms with Crippen LogP contribution in [0.3, 0.4) is 0 Å². The lowest BCUT2D eigenvalue weighted by Crippen LogP contribution is -2.05. The zero-order valence-corrected chi connectivity index (χ0v) is 15.8. The van der Waals surface area contributed by atoms with Crippen LogP contribution in [0.5, 0.6) is 0 Å². The van der Waals surface area contributed by atoms with Crippen molar-refractivity contribution in [1.82, 2.24) is 0 Å². The van der Waals surface area contributed by atoms with E-state index in [0.717, 1.165) is 12.8 Å². The third kappa shape index (κ3) is 13.3. The molecule has 0 aromatic heterocycles. The number of carbonyl (C=O) groups excluding carboxylic acids is 1. The Morgan fingerprint density at radius 2 is 1.18 bits per heavy atom. The summed E-state index contributed by atoms with van der Waals surface area (Å²) in [5.41, 5.74) is 0. The summed E-state index contributed by atoms with van der Waals surface area (Å²) in [5, 5.41) is 0. The molecule has 0 saturated heterocycles. The van der Waals surface area contributed by atoms with Gasteiger partial charge < -0.3 is 0 Å². The lowest BCUT2D eigenvalue weighted by Gasteiger charge is -2.06. The number of rotatable bonds is 12. The van der Waals surface area contributed by atoms with Gasteiger partial charge in [-0.1, -0.05) is 97.8 Å². The third-order valence-corrected chi connectivity index (χ3v) is 4.79. The van der Waals surface area contributed by atoms with E-state index in [0.29, 0.717) is 11.7 Å². The Balaban J connectivity index is 0.000000433. The number of hydrogen-bond donors (Lipinski definition) is 0. The molecule has 1 nitrogen and oxygen atoms in total. The Kier molecular flexibility index (Phi) is 16.8. The average molecular weight is 311 g/mol. The second-order valence-electron chi connectivity index (χ2n) is 7.03. The van der Waals surface area contributed by atoms with Gasteiger partial charge in [0.05, 0.1) is 0 Å². The first-order valence-corrected chi connectivity index (χ1v) is 10.3. The predicted octanol–water partition coefficient (Wildman–Crippen LogP) is 7.47. The highest BCUT2D eigenvalue weighted by atomic mass is 16.1. The molecule has 0 radical (unpaired) electrons. The summed E-state index contributed by atoms with van der Waals surface area (Å²) in [5.74, 6) is 0.983. The van der Waals surface area contributed by atoms with Crippen molar-refractivity contribution in [3.8, 4) is 0 Å². The summed E-state index contributed by atoms with van der Waals surface area (Å²) >= 11 is 0.